The van der Waals surface area contributed by atoms with Gasteiger partial charge in [0.2, 0.25) is 0 Å². The van der Waals surface area contributed by atoms with Crippen LogP contribution < -0.4 is 0 Å². The molecule has 2 heterocycles. The summed E-state index contributed by atoms with van der Waals surface area (Å²) in [6, 6.07) is 3.91. The van der Waals surface area contributed by atoms with Crippen molar-refractivity contribution in [2.24, 2.45) is 0 Å². The fourth-order valence-corrected chi connectivity index (χ4v) is 2.44. The predicted molar refractivity (Wildman–Crippen MR) is 66.9 cm³/mol. The first-order valence-corrected chi connectivity index (χ1v) is 5.59. The number of alkyl halides is 1. The summed E-state index contributed by atoms with van der Waals surface area (Å²) in [5.74, 6) is 0.536. The molecule has 2 rings (SSSR count). The lowest BCUT2D eigenvalue weighted by Crippen LogP contribution is -1.78. The molecule has 0 aliphatic carbocycles. The van der Waals surface area contributed by atoms with Crippen LogP contribution in [0.15, 0.2) is 24.5 Å². The van der Waals surface area contributed by atoms with Crippen LogP contribution in [0.5, 0.6) is 0 Å². The average Bonchev–Trinajstić information content (AvgIpc) is 2.61. The molecule has 2 aromatic rings. The van der Waals surface area contributed by atoms with Crippen LogP contribution in [-0.2, 0) is 5.88 Å². The minimum Gasteiger partial charge on any atom is -0.265 e. The van der Waals surface area contributed by atoms with E-state index < -0.39 is 0 Å². The lowest BCUT2D eigenvalue weighted by Gasteiger charge is -1.92. The first kappa shape index (κ1) is 12.4. The lowest BCUT2D eigenvalue weighted by atomic mass is 10.3. The molecule has 80 valence electrons. The SMILES string of the molecule is Cc1nc(-c2ccncc2)sc1CCl.Cl. The number of rotatable bonds is 2. The van der Waals surface area contributed by atoms with E-state index in [1.807, 2.05) is 19.1 Å². The summed E-state index contributed by atoms with van der Waals surface area (Å²) in [7, 11) is 0. The summed E-state index contributed by atoms with van der Waals surface area (Å²) in [6.07, 6.45) is 3.54. The molecule has 15 heavy (non-hydrogen) atoms. The Labute approximate surface area is 104 Å². The van der Waals surface area contributed by atoms with Crippen molar-refractivity contribution in [3.05, 3.63) is 35.1 Å². The fourth-order valence-electron chi connectivity index (χ4n) is 1.17. The van der Waals surface area contributed by atoms with Crippen LogP contribution in [0, 0.1) is 6.92 Å². The quantitative estimate of drug-likeness (QED) is 0.771. The second-order valence-electron chi connectivity index (χ2n) is 2.90. The number of pyridine rings is 1. The van der Waals surface area contributed by atoms with Crippen molar-refractivity contribution in [2.75, 3.05) is 0 Å². The predicted octanol–water partition coefficient (Wildman–Crippen LogP) is 3.67. The highest BCUT2D eigenvalue weighted by Crippen LogP contribution is 2.28. The standard InChI is InChI=1S/C10H9ClN2S.ClH/c1-7-9(6-11)14-10(13-7)8-2-4-12-5-3-8;/h2-5H,6H2,1H3;1H. The van der Waals surface area contributed by atoms with Crippen LogP contribution >= 0.6 is 35.3 Å². The number of hydrogen-bond donors (Lipinski definition) is 0. The molecule has 0 fully saturated rings. The van der Waals surface area contributed by atoms with Gasteiger partial charge in [-0.2, -0.15) is 0 Å². The molecule has 0 amide bonds. The van der Waals surface area contributed by atoms with E-state index in [9.17, 15) is 0 Å². The monoisotopic (exact) mass is 260 g/mol. The van der Waals surface area contributed by atoms with Crippen molar-refractivity contribution in [1.82, 2.24) is 9.97 Å². The number of nitrogens with zero attached hydrogens (tertiary/aromatic N) is 2. The zero-order valence-electron chi connectivity index (χ0n) is 8.11. The number of aromatic nitrogens is 2. The molecule has 0 aromatic carbocycles. The van der Waals surface area contributed by atoms with Gasteiger partial charge >= 0.3 is 0 Å². The van der Waals surface area contributed by atoms with Gasteiger partial charge in [-0.05, 0) is 19.1 Å². The van der Waals surface area contributed by atoms with E-state index in [1.165, 1.54) is 0 Å². The largest absolute Gasteiger partial charge is 0.265 e. The Morgan fingerprint density at radius 1 is 1.33 bits per heavy atom. The van der Waals surface area contributed by atoms with Crippen molar-refractivity contribution in [3.8, 4) is 10.6 Å². The molecule has 5 heteroatoms. The van der Waals surface area contributed by atoms with Gasteiger partial charge in [-0.25, -0.2) is 4.98 Å². The minimum atomic E-state index is 0. The van der Waals surface area contributed by atoms with Gasteiger partial charge in [-0.3, -0.25) is 4.98 Å². The van der Waals surface area contributed by atoms with Crippen molar-refractivity contribution in [3.63, 3.8) is 0 Å². The van der Waals surface area contributed by atoms with E-state index in [2.05, 4.69) is 9.97 Å². The van der Waals surface area contributed by atoms with Gasteiger partial charge in [0.1, 0.15) is 5.01 Å². The van der Waals surface area contributed by atoms with Gasteiger partial charge in [0.25, 0.3) is 0 Å². The van der Waals surface area contributed by atoms with E-state index in [1.54, 1.807) is 23.7 Å². The fraction of sp³-hybridized carbons (Fsp3) is 0.200. The normalized spacial score (nSPS) is 9.73. The third-order valence-electron chi connectivity index (χ3n) is 1.94. The smallest absolute Gasteiger partial charge is 0.124 e. The molecular weight excluding hydrogens is 251 g/mol. The zero-order valence-corrected chi connectivity index (χ0v) is 10.5. The third-order valence-corrected chi connectivity index (χ3v) is 3.57. The van der Waals surface area contributed by atoms with Gasteiger partial charge < -0.3 is 0 Å². The molecule has 0 saturated carbocycles. The summed E-state index contributed by atoms with van der Waals surface area (Å²) >= 11 is 7.43. The molecule has 0 aliphatic heterocycles. The van der Waals surface area contributed by atoms with Crippen LogP contribution in [0.3, 0.4) is 0 Å². The molecule has 0 spiro atoms. The number of hydrogen-bond acceptors (Lipinski definition) is 3. The summed E-state index contributed by atoms with van der Waals surface area (Å²) < 4.78 is 0. The second kappa shape index (κ2) is 5.45. The van der Waals surface area contributed by atoms with Gasteiger partial charge in [-0.15, -0.1) is 35.3 Å². The summed E-state index contributed by atoms with van der Waals surface area (Å²) in [5.41, 5.74) is 2.13. The Kier molecular flexibility index (Phi) is 4.51. The first-order chi connectivity index (χ1) is 6.81. The van der Waals surface area contributed by atoms with E-state index in [4.69, 9.17) is 11.6 Å². The van der Waals surface area contributed by atoms with E-state index in [0.29, 0.717) is 5.88 Å². The molecule has 0 bridgehead atoms. The molecule has 0 aliphatic rings. The zero-order chi connectivity index (χ0) is 9.97. The average molecular weight is 261 g/mol. The van der Waals surface area contributed by atoms with E-state index in [-0.39, 0.29) is 12.4 Å². The highest BCUT2D eigenvalue weighted by molar-refractivity contribution is 7.15. The van der Waals surface area contributed by atoms with Crippen LogP contribution in [0.25, 0.3) is 10.6 Å². The molecule has 0 radical (unpaired) electrons. The molecular formula is C10H10Cl2N2S. The molecule has 2 aromatic heterocycles. The van der Waals surface area contributed by atoms with Gasteiger partial charge in [-0.1, -0.05) is 0 Å². The Bertz CT molecular complexity index is 428. The van der Waals surface area contributed by atoms with Crippen molar-refractivity contribution >= 4 is 35.3 Å². The number of aryl methyl sites for hydroxylation is 1. The van der Waals surface area contributed by atoms with Crippen molar-refractivity contribution in [2.45, 2.75) is 12.8 Å². The van der Waals surface area contributed by atoms with Crippen LogP contribution in [0.2, 0.25) is 0 Å². The maximum Gasteiger partial charge on any atom is 0.124 e. The van der Waals surface area contributed by atoms with Crippen molar-refractivity contribution < 1.29 is 0 Å². The lowest BCUT2D eigenvalue weighted by molar-refractivity contribution is 1.22. The maximum atomic E-state index is 5.79. The Hall–Kier alpha value is -0.640. The topological polar surface area (TPSA) is 25.8 Å². The Morgan fingerprint density at radius 2 is 2.00 bits per heavy atom. The minimum absolute atomic E-state index is 0. The van der Waals surface area contributed by atoms with Crippen LogP contribution in [0.1, 0.15) is 10.6 Å². The van der Waals surface area contributed by atoms with Crippen molar-refractivity contribution in [1.29, 1.82) is 0 Å². The first-order valence-electron chi connectivity index (χ1n) is 4.24. The number of halogens is 2. The van der Waals surface area contributed by atoms with Gasteiger partial charge in [0.15, 0.2) is 0 Å². The maximum absolute atomic E-state index is 5.79. The van der Waals surface area contributed by atoms with Gasteiger partial charge in [0, 0.05) is 22.8 Å². The van der Waals surface area contributed by atoms with E-state index in [0.717, 1.165) is 21.1 Å². The van der Waals surface area contributed by atoms with Crippen LogP contribution in [0.4, 0.5) is 0 Å². The second-order valence-corrected chi connectivity index (χ2v) is 4.25. The molecule has 0 saturated heterocycles. The summed E-state index contributed by atoms with van der Waals surface area (Å²) in [5, 5.41) is 1.01. The molecule has 0 unspecified atom stereocenters. The van der Waals surface area contributed by atoms with E-state index >= 15 is 0 Å². The highest BCUT2D eigenvalue weighted by atomic mass is 35.5. The summed E-state index contributed by atoms with van der Waals surface area (Å²) in [4.78, 5) is 9.57. The van der Waals surface area contributed by atoms with Gasteiger partial charge in [0.05, 0.1) is 11.6 Å². The Morgan fingerprint density at radius 3 is 2.53 bits per heavy atom. The molecule has 0 N–H and O–H groups in total. The number of thiazole rings is 1. The Balaban J connectivity index is 0.00000112. The third kappa shape index (κ3) is 2.68. The molecule has 2 nitrogen and oxygen atoms in total. The highest BCUT2D eigenvalue weighted by Gasteiger charge is 2.07. The van der Waals surface area contributed by atoms with Crippen LogP contribution in [-0.4, -0.2) is 9.97 Å². The molecule has 0 atom stereocenters. The summed E-state index contributed by atoms with van der Waals surface area (Å²) in [6.45, 7) is 1.99.